The number of pyridine rings is 1. The van der Waals surface area contributed by atoms with Gasteiger partial charge in [0.2, 0.25) is 0 Å². The first-order valence-electron chi connectivity index (χ1n) is 8.54. The molecule has 3 aromatic rings. The molecule has 1 unspecified atom stereocenters. The van der Waals surface area contributed by atoms with Gasteiger partial charge in [-0.15, -0.1) is 0 Å². The van der Waals surface area contributed by atoms with Crippen LogP contribution < -0.4 is 4.74 Å². The van der Waals surface area contributed by atoms with Crippen molar-refractivity contribution in [3.05, 3.63) is 51.1 Å². The molecule has 7 heteroatoms. The van der Waals surface area contributed by atoms with Crippen LogP contribution in [0.2, 0.25) is 5.02 Å². The summed E-state index contributed by atoms with van der Waals surface area (Å²) in [6, 6.07) is 5.39. The SMILES string of the molecule is COc1ccc(CC(=O)Cc2cnc3sc(C)nc3c2C(C)OC)cc1Cl. The van der Waals surface area contributed by atoms with Crippen LogP contribution in [0.1, 0.15) is 34.7 Å². The van der Waals surface area contributed by atoms with E-state index in [1.54, 1.807) is 43.9 Å². The first-order valence-corrected chi connectivity index (χ1v) is 9.74. The lowest BCUT2D eigenvalue weighted by Crippen LogP contribution is -2.11. The van der Waals surface area contributed by atoms with Gasteiger partial charge in [-0.25, -0.2) is 9.97 Å². The van der Waals surface area contributed by atoms with E-state index in [9.17, 15) is 4.79 Å². The third kappa shape index (κ3) is 4.29. The van der Waals surface area contributed by atoms with Crippen LogP contribution in [0.15, 0.2) is 24.4 Å². The monoisotopic (exact) mass is 404 g/mol. The minimum absolute atomic E-state index is 0.0777. The van der Waals surface area contributed by atoms with Gasteiger partial charge in [0.1, 0.15) is 21.9 Å². The molecule has 1 atom stereocenters. The predicted molar refractivity (Wildman–Crippen MR) is 108 cm³/mol. The molecular formula is C20H21ClN2O3S. The van der Waals surface area contributed by atoms with Gasteiger partial charge in [-0.05, 0) is 37.1 Å². The van der Waals surface area contributed by atoms with Gasteiger partial charge in [-0.1, -0.05) is 29.0 Å². The molecule has 0 aliphatic carbocycles. The summed E-state index contributed by atoms with van der Waals surface area (Å²) in [5, 5.41) is 1.44. The molecule has 0 spiro atoms. The number of hydrogen-bond acceptors (Lipinski definition) is 6. The molecule has 0 bridgehead atoms. The molecule has 2 aromatic heterocycles. The molecule has 1 aromatic carbocycles. The van der Waals surface area contributed by atoms with E-state index in [1.165, 1.54) is 0 Å². The molecule has 3 rings (SSSR count). The quantitative estimate of drug-likeness (QED) is 0.570. The van der Waals surface area contributed by atoms with Gasteiger partial charge >= 0.3 is 0 Å². The minimum Gasteiger partial charge on any atom is -0.495 e. The van der Waals surface area contributed by atoms with Crippen LogP contribution in [0, 0.1) is 6.92 Å². The second-order valence-electron chi connectivity index (χ2n) is 6.32. The van der Waals surface area contributed by atoms with Crippen molar-refractivity contribution >= 4 is 39.1 Å². The second-order valence-corrected chi connectivity index (χ2v) is 7.91. The van der Waals surface area contributed by atoms with E-state index >= 15 is 0 Å². The molecule has 2 heterocycles. The maximum absolute atomic E-state index is 12.7. The van der Waals surface area contributed by atoms with Gasteiger partial charge < -0.3 is 9.47 Å². The number of methoxy groups -OCH3 is 2. The van der Waals surface area contributed by atoms with Crippen LogP contribution in [0.5, 0.6) is 5.75 Å². The zero-order chi connectivity index (χ0) is 19.6. The number of Topliss-reactive ketones (excluding diaryl/α,β-unsaturated/α-hetero) is 1. The fourth-order valence-electron chi connectivity index (χ4n) is 3.07. The number of aryl methyl sites for hydroxylation is 1. The number of aromatic nitrogens is 2. The summed E-state index contributed by atoms with van der Waals surface area (Å²) in [6.07, 6.45) is 2.16. The van der Waals surface area contributed by atoms with Crippen LogP contribution in [0.25, 0.3) is 10.3 Å². The smallest absolute Gasteiger partial charge is 0.143 e. The first kappa shape index (κ1) is 19.7. The van der Waals surface area contributed by atoms with Crippen LogP contribution >= 0.6 is 22.9 Å². The highest BCUT2D eigenvalue weighted by Crippen LogP contribution is 2.31. The predicted octanol–water partition coefficient (Wildman–Crippen LogP) is 4.72. The Balaban J connectivity index is 1.87. The highest BCUT2D eigenvalue weighted by molar-refractivity contribution is 7.18. The number of fused-ring (bicyclic) bond motifs is 1. The van der Waals surface area contributed by atoms with Gasteiger partial charge in [0.15, 0.2) is 0 Å². The van der Waals surface area contributed by atoms with Crippen molar-refractivity contribution in [1.82, 2.24) is 9.97 Å². The molecule has 0 saturated heterocycles. The van der Waals surface area contributed by atoms with E-state index in [4.69, 9.17) is 21.1 Å². The molecule has 5 nitrogen and oxygen atoms in total. The van der Waals surface area contributed by atoms with Gasteiger partial charge in [0.05, 0.1) is 23.2 Å². The van der Waals surface area contributed by atoms with E-state index in [0.717, 1.165) is 32.0 Å². The molecule has 0 radical (unpaired) electrons. The van der Waals surface area contributed by atoms with Crippen LogP contribution in [-0.2, 0) is 22.4 Å². The Morgan fingerprint density at radius 1 is 1.30 bits per heavy atom. The molecule has 0 aliphatic heterocycles. The lowest BCUT2D eigenvalue weighted by molar-refractivity contribution is -0.117. The number of halogens is 1. The molecule has 142 valence electrons. The average Bonchev–Trinajstić information content (AvgIpc) is 3.01. The van der Waals surface area contributed by atoms with Crippen molar-refractivity contribution < 1.29 is 14.3 Å². The van der Waals surface area contributed by atoms with Gasteiger partial charge in [0.25, 0.3) is 0 Å². The average molecular weight is 405 g/mol. The number of nitrogens with zero attached hydrogens (tertiary/aromatic N) is 2. The largest absolute Gasteiger partial charge is 0.495 e. The molecule has 0 amide bonds. The lowest BCUT2D eigenvalue weighted by Gasteiger charge is -2.15. The van der Waals surface area contributed by atoms with E-state index in [2.05, 4.69) is 9.97 Å². The number of thiazole rings is 1. The number of benzene rings is 1. The first-order chi connectivity index (χ1) is 12.9. The minimum atomic E-state index is -0.171. The van der Waals surface area contributed by atoms with E-state index < -0.39 is 0 Å². The van der Waals surface area contributed by atoms with Crippen molar-refractivity contribution in [2.45, 2.75) is 32.8 Å². The standard InChI is InChI=1S/C20H21ClN2O3S/c1-11(25-3)18-14(10-22-20-19(18)23-12(2)27-20)9-15(24)7-13-5-6-17(26-4)16(21)8-13/h5-6,8,10-11H,7,9H2,1-4H3. The number of carbonyl (C=O) groups excluding carboxylic acids is 1. The molecule has 0 saturated carbocycles. The molecule has 0 fully saturated rings. The second kappa shape index (κ2) is 8.33. The Bertz CT molecular complexity index is 987. The van der Waals surface area contributed by atoms with Crippen LogP contribution in [-0.4, -0.2) is 30.0 Å². The fraction of sp³-hybridized carbons (Fsp3) is 0.350. The van der Waals surface area contributed by atoms with E-state index in [1.807, 2.05) is 19.9 Å². The molecule has 27 heavy (non-hydrogen) atoms. The maximum Gasteiger partial charge on any atom is 0.143 e. The van der Waals surface area contributed by atoms with Crippen molar-refractivity contribution in [2.24, 2.45) is 0 Å². The number of carbonyl (C=O) groups is 1. The Morgan fingerprint density at radius 2 is 2.07 bits per heavy atom. The van der Waals surface area contributed by atoms with E-state index in [-0.39, 0.29) is 18.3 Å². The third-order valence-electron chi connectivity index (χ3n) is 4.42. The van der Waals surface area contributed by atoms with Crippen molar-refractivity contribution in [1.29, 1.82) is 0 Å². The fourth-order valence-corrected chi connectivity index (χ4v) is 4.13. The van der Waals surface area contributed by atoms with Gasteiger partial charge in [-0.2, -0.15) is 0 Å². The van der Waals surface area contributed by atoms with Crippen LogP contribution in [0.4, 0.5) is 0 Å². The number of ketones is 1. The summed E-state index contributed by atoms with van der Waals surface area (Å²) in [7, 11) is 3.22. The zero-order valence-electron chi connectivity index (χ0n) is 15.7. The maximum atomic E-state index is 12.7. The summed E-state index contributed by atoms with van der Waals surface area (Å²) < 4.78 is 10.7. The zero-order valence-corrected chi connectivity index (χ0v) is 17.3. The van der Waals surface area contributed by atoms with Crippen molar-refractivity contribution in [2.75, 3.05) is 14.2 Å². The lowest BCUT2D eigenvalue weighted by atomic mass is 9.97. The van der Waals surface area contributed by atoms with E-state index in [0.29, 0.717) is 17.2 Å². The highest BCUT2D eigenvalue weighted by Gasteiger charge is 2.20. The Kier molecular flexibility index (Phi) is 6.09. The third-order valence-corrected chi connectivity index (χ3v) is 5.59. The summed E-state index contributed by atoms with van der Waals surface area (Å²) >= 11 is 7.70. The van der Waals surface area contributed by atoms with Gasteiger partial charge in [0, 0.05) is 31.7 Å². The number of ether oxygens (including phenoxy) is 2. The van der Waals surface area contributed by atoms with Crippen molar-refractivity contribution in [3.63, 3.8) is 0 Å². The van der Waals surface area contributed by atoms with Crippen LogP contribution in [0.3, 0.4) is 0 Å². The molecular weight excluding hydrogens is 384 g/mol. The molecule has 0 N–H and O–H groups in total. The number of rotatable bonds is 7. The Labute approximate surface area is 167 Å². The number of hydrogen-bond donors (Lipinski definition) is 0. The summed E-state index contributed by atoms with van der Waals surface area (Å²) in [5.74, 6) is 0.673. The summed E-state index contributed by atoms with van der Waals surface area (Å²) in [5.41, 5.74) is 3.47. The Hall–Kier alpha value is -2.02. The topological polar surface area (TPSA) is 61.3 Å². The van der Waals surface area contributed by atoms with Gasteiger partial charge in [-0.3, -0.25) is 4.79 Å². The molecule has 0 aliphatic rings. The normalized spacial score (nSPS) is 12.3. The van der Waals surface area contributed by atoms with Crippen molar-refractivity contribution in [3.8, 4) is 5.75 Å². The summed E-state index contributed by atoms with van der Waals surface area (Å²) in [6.45, 7) is 3.91. The summed E-state index contributed by atoms with van der Waals surface area (Å²) in [4.78, 5) is 22.6. The Morgan fingerprint density at radius 3 is 2.74 bits per heavy atom. The highest BCUT2D eigenvalue weighted by atomic mass is 35.5.